The SMILES string of the molecule is Cc1ccc(Cn2nc(C)c(/C=C/C(=O)N(C)Cc3ccc(OC(F)F)cc3)c2C)cc1. The molecule has 1 heterocycles. The molecule has 1 amide bonds. The predicted octanol–water partition coefficient (Wildman–Crippen LogP) is 5.13. The lowest BCUT2D eigenvalue weighted by molar-refractivity contribution is -0.125. The van der Waals surface area contributed by atoms with E-state index < -0.39 is 6.61 Å². The molecule has 0 atom stereocenters. The van der Waals surface area contributed by atoms with Crippen molar-refractivity contribution in [3.8, 4) is 5.75 Å². The molecule has 1 aromatic heterocycles. The minimum absolute atomic E-state index is 0.0891. The summed E-state index contributed by atoms with van der Waals surface area (Å²) in [6, 6.07) is 14.6. The second kappa shape index (κ2) is 10.2. The van der Waals surface area contributed by atoms with Crippen molar-refractivity contribution in [3.05, 3.63) is 88.2 Å². The highest BCUT2D eigenvalue weighted by Gasteiger charge is 2.12. The van der Waals surface area contributed by atoms with Gasteiger partial charge in [0, 0.05) is 30.9 Å². The van der Waals surface area contributed by atoms with E-state index in [9.17, 15) is 13.6 Å². The van der Waals surface area contributed by atoms with Crippen LogP contribution in [0.2, 0.25) is 0 Å². The van der Waals surface area contributed by atoms with E-state index in [1.54, 1.807) is 30.2 Å². The molecule has 168 valence electrons. The summed E-state index contributed by atoms with van der Waals surface area (Å²) in [6.07, 6.45) is 3.32. The van der Waals surface area contributed by atoms with Gasteiger partial charge in [-0.05, 0) is 50.1 Å². The van der Waals surface area contributed by atoms with E-state index in [1.807, 2.05) is 18.5 Å². The Morgan fingerprint density at radius 3 is 2.31 bits per heavy atom. The molecule has 2 aromatic carbocycles. The first kappa shape index (κ1) is 23.2. The van der Waals surface area contributed by atoms with Gasteiger partial charge in [0.1, 0.15) is 5.75 Å². The van der Waals surface area contributed by atoms with Gasteiger partial charge in [-0.3, -0.25) is 9.48 Å². The maximum atomic E-state index is 12.6. The number of aryl methyl sites for hydroxylation is 2. The highest BCUT2D eigenvalue weighted by atomic mass is 19.3. The van der Waals surface area contributed by atoms with Crippen molar-refractivity contribution >= 4 is 12.0 Å². The third-order valence-electron chi connectivity index (χ3n) is 5.23. The van der Waals surface area contributed by atoms with Crippen LogP contribution in [0, 0.1) is 20.8 Å². The summed E-state index contributed by atoms with van der Waals surface area (Å²) in [5.74, 6) is -0.0748. The normalized spacial score (nSPS) is 11.3. The molecule has 32 heavy (non-hydrogen) atoms. The Labute approximate surface area is 186 Å². The highest BCUT2D eigenvalue weighted by molar-refractivity contribution is 5.91. The van der Waals surface area contributed by atoms with Crippen LogP contribution in [0.25, 0.3) is 6.08 Å². The lowest BCUT2D eigenvalue weighted by Crippen LogP contribution is -2.24. The number of hydrogen-bond donors (Lipinski definition) is 0. The van der Waals surface area contributed by atoms with Gasteiger partial charge in [-0.1, -0.05) is 42.0 Å². The molecule has 0 N–H and O–H groups in total. The standard InChI is InChI=1S/C25H27F2N3O2/c1-17-5-7-21(8-6-17)16-30-19(3)23(18(2)28-30)13-14-24(31)29(4)15-20-9-11-22(12-10-20)32-25(26)27/h5-14,25H,15-16H2,1-4H3/b14-13+. The summed E-state index contributed by atoms with van der Waals surface area (Å²) >= 11 is 0. The molecule has 0 aliphatic rings. The van der Waals surface area contributed by atoms with E-state index in [1.165, 1.54) is 23.8 Å². The number of benzene rings is 2. The largest absolute Gasteiger partial charge is 0.435 e. The molecule has 0 spiro atoms. The zero-order valence-corrected chi connectivity index (χ0v) is 18.7. The Kier molecular flexibility index (Phi) is 7.41. The van der Waals surface area contributed by atoms with Crippen molar-refractivity contribution < 1.29 is 18.3 Å². The zero-order valence-electron chi connectivity index (χ0n) is 18.7. The number of amides is 1. The molecule has 7 heteroatoms. The number of carbonyl (C=O) groups excluding carboxylic acids is 1. The first-order valence-corrected chi connectivity index (χ1v) is 10.3. The molecular weight excluding hydrogens is 412 g/mol. The van der Waals surface area contributed by atoms with Crippen LogP contribution in [-0.4, -0.2) is 34.2 Å². The summed E-state index contributed by atoms with van der Waals surface area (Å²) < 4.78 is 30.8. The topological polar surface area (TPSA) is 47.4 Å². The van der Waals surface area contributed by atoms with Gasteiger partial charge in [0.15, 0.2) is 0 Å². The highest BCUT2D eigenvalue weighted by Crippen LogP contribution is 2.18. The second-order valence-electron chi connectivity index (χ2n) is 7.78. The second-order valence-corrected chi connectivity index (χ2v) is 7.78. The fourth-order valence-electron chi connectivity index (χ4n) is 3.38. The smallest absolute Gasteiger partial charge is 0.387 e. The number of aromatic nitrogens is 2. The maximum Gasteiger partial charge on any atom is 0.387 e. The minimum atomic E-state index is -2.86. The average molecular weight is 440 g/mol. The van der Waals surface area contributed by atoms with Crippen LogP contribution in [0.1, 0.15) is 33.6 Å². The average Bonchev–Trinajstić information content (AvgIpc) is 3.01. The number of ether oxygens (including phenoxy) is 1. The van der Waals surface area contributed by atoms with Crippen LogP contribution in [0.4, 0.5) is 8.78 Å². The van der Waals surface area contributed by atoms with Gasteiger partial charge in [0.05, 0.1) is 12.2 Å². The molecule has 5 nitrogen and oxygen atoms in total. The molecule has 0 fully saturated rings. The Balaban J connectivity index is 1.64. The summed E-state index contributed by atoms with van der Waals surface area (Å²) in [4.78, 5) is 14.1. The maximum absolute atomic E-state index is 12.6. The fourth-order valence-corrected chi connectivity index (χ4v) is 3.38. The van der Waals surface area contributed by atoms with Crippen molar-refractivity contribution in [2.45, 2.75) is 40.5 Å². The Bertz CT molecular complexity index is 1090. The summed E-state index contributed by atoms with van der Waals surface area (Å²) in [5.41, 5.74) is 5.96. The molecule has 3 aromatic rings. The number of nitrogens with zero attached hydrogens (tertiary/aromatic N) is 3. The molecule has 0 aliphatic carbocycles. The molecular formula is C25H27F2N3O2. The molecule has 0 aliphatic heterocycles. The van der Waals surface area contributed by atoms with Crippen molar-refractivity contribution in [1.29, 1.82) is 0 Å². The number of halogens is 2. The van der Waals surface area contributed by atoms with Crippen molar-refractivity contribution in [3.63, 3.8) is 0 Å². The van der Waals surface area contributed by atoms with Crippen LogP contribution in [0.3, 0.4) is 0 Å². The number of likely N-dealkylation sites (N-methyl/N-ethyl adjacent to an activating group) is 1. The summed E-state index contributed by atoms with van der Waals surface area (Å²) in [6.45, 7) is 4.13. The Morgan fingerprint density at radius 2 is 1.69 bits per heavy atom. The van der Waals surface area contributed by atoms with Gasteiger partial charge < -0.3 is 9.64 Å². The van der Waals surface area contributed by atoms with Crippen LogP contribution >= 0.6 is 0 Å². The van der Waals surface area contributed by atoms with E-state index in [2.05, 4.69) is 41.0 Å². The van der Waals surface area contributed by atoms with Gasteiger partial charge in [0.25, 0.3) is 0 Å². The predicted molar refractivity (Wildman–Crippen MR) is 121 cm³/mol. The van der Waals surface area contributed by atoms with Gasteiger partial charge in [-0.2, -0.15) is 13.9 Å². The van der Waals surface area contributed by atoms with Gasteiger partial charge in [0.2, 0.25) is 5.91 Å². The summed E-state index contributed by atoms with van der Waals surface area (Å²) in [5, 5.41) is 4.62. The molecule has 3 rings (SSSR count). The Morgan fingerprint density at radius 1 is 1.06 bits per heavy atom. The third-order valence-corrected chi connectivity index (χ3v) is 5.23. The number of rotatable bonds is 8. The van der Waals surface area contributed by atoms with E-state index >= 15 is 0 Å². The van der Waals surface area contributed by atoms with Crippen LogP contribution in [-0.2, 0) is 17.9 Å². The van der Waals surface area contributed by atoms with E-state index in [-0.39, 0.29) is 11.7 Å². The quantitative estimate of drug-likeness (QED) is 0.457. The fraction of sp³-hybridized carbons (Fsp3) is 0.280. The van der Waals surface area contributed by atoms with Crippen molar-refractivity contribution in [2.75, 3.05) is 7.05 Å². The van der Waals surface area contributed by atoms with Gasteiger partial charge in [-0.15, -0.1) is 0 Å². The number of hydrogen-bond acceptors (Lipinski definition) is 3. The lowest BCUT2D eigenvalue weighted by Gasteiger charge is -2.15. The van der Waals surface area contributed by atoms with Crippen LogP contribution < -0.4 is 4.74 Å². The van der Waals surface area contributed by atoms with E-state index in [4.69, 9.17) is 0 Å². The zero-order chi connectivity index (χ0) is 23.3. The van der Waals surface area contributed by atoms with E-state index in [0.717, 1.165) is 28.1 Å². The number of carbonyl (C=O) groups is 1. The van der Waals surface area contributed by atoms with Crippen LogP contribution in [0.5, 0.6) is 5.75 Å². The first-order chi connectivity index (χ1) is 15.2. The van der Waals surface area contributed by atoms with Crippen molar-refractivity contribution in [2.24, 2.45) is 0 Å². The van der Waals surface area contributed by atoms with Crippen LogP contribution in [0.15, 0.2) is 54.6 Å². The third kappa shape index (κ3) is 6.03. The van der Waals surface area contributed by atoms with E-state index in [0.29, 0.717) is 13.1 Å². The summed E-state index contributed by atoms with van der Waals surface area (Å²) in [7, 11) is 1.69. The van der Waals surface area contributed by atoms with Crippen molar-refractivity contribution in [1.82, 2.24) is 14.7 Å². The molecule has 0 unspecified atom stereocenters. The minimum Gasteiger partial charge on any atom is -0.435 e. The molecule has 0 bridgehead atoms. The molecule has 0 saturated carbocycles. The number of alkyl halides is 2. The van der Waals surface area contributed by atoms with Gasteiger partial charge in [-0.25, -0.2) is 0 Å². The Hall–Kier alpha value is -3.48. The first-order valence-electron chi connectivity index (χ1n) is 10.3. The molecule has 0 saturated heterocycles. The monoisotopic (exact) mass is 439 g/mol. The molecule has 0 radical (unpaired) electrons. The van der Waals surface area contributed by atoms with Gasteiger partial charge >= 0.3 is 6.61 Å². The lowest BCUT2D eigenvalue weighted by atomic mass is 10.1.